The van der Waals surface area contributed by atoms with Crippen LogP contribution in [0.5, 0.6) is 0 Å². The summed E-state index contributed by atoms with van der Waals surface area (Å²) in [4.78, 5) is 14.7. The van der Waals surface area contributed by atoms with E-state index in [0.29, 0.717) is 12.2 Å². The number of hydrogen-bond donors (Lipinski definition) is 0. The van der Waals surface area contributed by atoms with Crippen LogP contribution in [0.4, 0.5) is 0 Å². The van der Waals surface area contributed by atoms with Gasteiger partial charge in [-0.25, -0.2) is 0 Å². The van der Waals surface area contributed by atoms with Gasteiger partial charge in [0.25, 0.3) is 0 Å². The van der Waals surface area contributed by atoms with Gasteiger partial charge in [0.15, 0.2) is 5.78 Å². The van der Waals surface area contributed by atoms with Gasteiger partial charge in [0.05, 0.1) is 12.0 Å². The molecule has 0 amide bonds. The molecule has 2 heteroatoms. The van der Waals surface area contributed by atoms with Crippen LogP contribution in [0.1, 0.15) is 51.4 Å². The first kappa shape index (κ1) is 11.7. The van der Waals surface area contributed by atoms with Gasteiger partial charge in [-0.05, 0) is 38.8 Å². The van der Waals surface area contributed by atoms with Crippen molar-refractivity contribution in [2.45, 2.75) is 56.9 Å². The van der Waals surface area contributed by atoms with Crippen LogP contribution in [0.25, 0.3) is 0 Å². The molecule has 16 heavy (non-hydrogen) atoms. The Hall–Kier alpha value is -0.810. The third-order valence-electron chi connectivity index (χ3n) is 4.17. The van der Waals surface area contributed by atoms with Crippen molar-refractivity contribution in [1.29, 1.82) is 0 Å². The fourth-order valence-corrected chi connectivity index (χ4v) is 3.31. The molecule has 1 saturated carbocycles. The van der Waals surface area contributed by atoms with E-state index in [4.69, 9.17) is 6.42 Å². The average Bonchev–Trinajstić information content (AvgIpc) is 2.81. The van der Waals surface area contributed by atoms with Crippen LogP contribution >= 0.6 is 0 Å². The molecular weight excluding hydrogens is 198 g/mol. The van der Waals surface area contributed by atoms with Gasteiger partial charge < -0.3 is 0 Å². The summed E-state index contributed by atoms with van der Waals surface area (Å²) in [5.41, 5.74) is -0.174. The predicted molar refractivity (Wildman–Crippen MR) is 65.1 cm³/mol. The Bertz CT molecular complexity index is 290. The van der Waals surface area contributed by atoms with E-state index in [1.54, 1.807) is 0 Å². The Balaban J connectivity index is 2.14. The lowest BCUT2D eigenvalue weighted by Gasteiger charge is -2.42. The van der Waals surface area contributed by atoms with E-state index in [1.807, 2.05) is 0 Å². The molecule has 0 unspecified atom stereocenters. The first-order valence-electron chi connectivity index (χ1n) is 6.51. The van der Waals surface area contributed by atoms with Crippen molar-refractivity contribution in [3.63, 3.8) is 0 Å². The van der Waals surface area contributed by atoms with Gasteiger partial charge in [-0.1, -0.05) is 25.2 Å². The Labute approximate surface area is 98.4 Å². The van der Waals surface area contributed by atoms with Gasteiger partial charge in [-0.15, -0.1) is 6.42 Å². The Morgan fingerprint density at radius 3 is 2.31 bits per heavy atom. The zero-order valence-corrected chi connectivity index (χ0v) is 10.0. The maximum absolute atomic E-state index is 12.3. The van der Waals surface area contributed by atoms with E-state index < -0.39 is 0 Å². The highest BCUT2D eigenvalue weighted by atomic mass is 16.1. The van der Waals surface area contributed by atoms with Crippen molar-refractivity contribution in [3.8, 4) is 12.3 Å². The molecule has 0 atom stereocenters. The fourth-order valence-electron chi connectivity index (χ4n) is 3.31. The number of carbonyl (C=O) groups is 1. The number of terminal acetylenes is 1. The summed E-state index contributed by atoms with van der Waals surface area (Å²) in [5, 5.41) is 0. The minimum Gasteiger partial charge on any atom is -0.297 e. The largest absolute Gasteiger partial charge is 0.297 e. The van der Waals surface area contributed by atoms with Gasteiger partial charge in [0.1, 0.15) is 0 Å². The molecule has 0 N–H and O–H groups in total. The number of piperidine rings is 1. The smallest absolute Gasteiger partial charge is 0.164 e. The van der Waals surface area contributed by atoms with Crippen molar-refractivity contribution >= 4 is 5.78 Å². The van der Waals surface area contributed by atoms with Crippen LogP contribution in [0, 0.1) is 12.3 Å². The topological polar surface area (TPSA) is 20.3 Å². The van der Waals surface area contributed by atoms with E-state index >= 15 is 0 Å². The standard InChI is InChI=1S/C14H21NO/c1-2-8-13(16)14(9-4-5-10-14)15-11-6-3-7-12-15/h1H,3-12H2. The van der Waals surface area contributed by atoms with Crippen molar-refractivity contribution < 1.29 is 4.79 Å². The van der Waals surface area contributed by atoms with Gasteiger partial charge in [-0.3, -0.25) is 9.69 Å². The van der Waals surface area contributed by atoms with Crippen LogP contribution in [0.2, 0.25) is 0 Å². The van der Waals surface area contributed by atoms with Crippen LogP contribution in [-0.4, -0.2) is 29.3 Å². The minimum absolute atomic E-state index is 0.174. The van der Waals surface area contributed by atoms with E-state index in [0.717, 1.165) is 25.9 Å². The Kier molecular flexibility index (Phi) is 3.66. The molecule has 1 aliphatic heterocycles. The molecule has 0 spiro atoms. The molecular formula is C14H21NO. The van der Waals surface area contributed by atoms with Gasteiger partial charge >= 0.3 is 0 Å². The molecule has 1 heterocycles. The van der Waals surface area contributed by atoms with E-state index in [-0.39, 0.29) is 5.54 Å². The lowest BCUT2D eigenvalue weighted by Crippen LogP contribution is -2.54. The highest BCUT2D eigenvalue weighted by Gasteiger charge is 2.45. The van der Waals surface area contributed by atoms with Crippen LogP contribution in [0.3, 0.4) is 0 Å². The first-order chi connectivity index (χ1) is 7.79. The Morgan fingerprint density at radius 2 is 1.75 bits per heavy atom. The maximum Gasteiger partial charge on any atom is 0.164 e. The number of carbonyl (C=O) groups excluding carboxylic acids is 1. The Morgan fingerprint density at radius 1 is 1.12 bits per heavy atom. The number of likely N-dealkylation sites (tertiary alicyclic amines) is 1. The second kappa shape index (κ2) is 5.01. The number of hydrogen-bond acceptors (Lipinski definition) is 2. The third kappa shape index (κ3) is 2.01. The number of rotatable bonds is 3. The van der Waals surface area contributed by atoms with Crippen molar-refractivity contribution in [3.05, 3.63) is 0 Å². The quantitative estimate of drug-likeness (QED) is 0.679. The van der Waals surface area contributed by atoms with Crippen molar-refractivity contribution in [2.24, 2.45) is 0 Å². The monoisotopic (exact) mass is 219 g/mol. The van der Waals surface area contributed by atoms with Crippen LogP contribution < -0.4 is 0 Å². The lowest BCUT2D eigenvalue weighted by molar-refractivity contribution is -0.130. The summed E-state index contributed by atoms with van der Waals surface area (Å²) in [7, 11) is 0. The zero-order valence-electron chi connectivity index (χ0n) is 10.0. The molecule has 1 saturated heterocycles. The summed E-state index contributed by atoms with van der Waals surface area (Å²) in [5.74, 6) is 2.83. The number of Topliss-reactive ketones (excluding diaryl/α,β-unsaturated/α-hetero) is 1. The fraction of sp³-hybridized carbons (Fsp3) is 0.786. The van der Waals surface area contributed by atoms with Crippen molar-refractivity contribution in [2.75, 3.05) is 13.1 Å². The average molecular weight is 219 g/mol. The normalized spacial score (nSPS) is 25.2. The lowest BCUT2D eigenvalue weighted by atomic mass is 9.86. The van der Waals surface area contributed by atoms with Crippen LogP contribution in [0.15, 0.2) is 0 Å². The predicted octanol–water partition coefficient (Wildman–Crippen LogP) is 2.38. The highest BCUT2D eigenvalue weighted by molar-refractivity contribution is 5.90. The molecule has 2 aliphatic rings. The summed E-state index contributed by atoms with van der Waals surface area (Å²) in [6.07, 6.45) is 13.9. The molecule has 2 rings (SSSR count). The maximum atomic E-state index is 12.3. The molecule has 2 nitrogen and oxygen atoms in total. The molecule has 0 aromatic carbocycles. The first-order valence-corrected chi connectivity index (χ1v) is 6.51. The molecule has 1 aliphatic carbocycles. The number of nitrogens with zero attached hydrogens (tertiary/aromatic N) is 1. The second-order valence-corrected chi connectivity index (χ2v) is 5.09. The van der Waals surface area contributed by atoms with Gasteiger partial charge in [0, 0.05) is 0 Å². The molecule has 88 valence electrons. The van der Waals surface area contributed by atoms with Gasteiger partial charge in [-0.2, -0.15) is 0 Å². The van der Waals surface area contributed by atoms with E-state index in [1.165, 1.54) is 32.1 Å². The zero-order chi connectivity index (χ0) is 11.4. The molecule has 0 aromatic rings. The number of ketones is 1. The SMILES string of the molecule is C#CCC(=O)C1(N2CCCCC2)CCCC1. The second-order valence-electron chi connectivity index (χ2n) is 5.09. The molecule has 2 fully saturated rings. The summed E-state index contributed by atoms with van der Waals surface area (Å²) >= 11 is 0. The minimum atomic E-state index is -0.174. The van der Waals surface area contributed by atoms with Gasteiger partial charge in [0.2, 0.25) is 0 Å². The molecule has 0 bridgehead atoms. The molecule has 0 aromatic heterocycles. The summed E-state index contributed by atoms with van der Waals surface area (Å²) < 4.78 is 0. The summed E-state index contributed by atoms with van der Waals surface area (Å²) in [6.45, 7) is 2.19. The highest BCUT2D eigenvalue weighted by Crippen LogP contribution is 2.38. The third-order valence-corrected chi connectivity index (χ3v) is 4.17. The van der Waals surface area contributed by atoms with Crippen molar-refractivity contribution in [1.82, 2.24) is 4.90 Å². The van der Waals surface area contributed by atoms with E-state index in [9.17, 15) is 4.79 Å². The summed E-state index contributed by atoms with van der Waals surface area (Å²) in [6, 6.07) is 0. The van der Waals surface area contributed by atoms with E-state index in [2.05, 4.69) is 10.8 Å². The molecule has 0 radical (unpaired) electrons. The van der Waals surface area contributed by atoms with Crippen LogP contribution in [-0.2, 0) is 4.79 Å².